The first-order valence-corrected chi connectivity index (χ1v) is 7.37. The highest BCUT2D eigenvalue weighted by Crippen LogP contribution is 2.47. The predicted octanol–water partition coefficient (Wildman–Crippen LogP) is 3.29. The molecule has 3 nitrogen and oxygen atoms in total. The Hall–Kier alpha value is -1.42. The highest BCUT2D eigenvalue weighted by molar-refractivity contribution is 5.93. The third-order valence-electron chi connectivity index (χ3n) is 4.95. The van der Waals surface area contributed by atoms with E-state index in [1.165, 1.54) is 18.9 Å². The Morgan fingerprint density at radius 3 is 2.70 bits per heavy atom. The van der Waals surface area contributed by atoms with E-state index in [1.807, 2.05) is 6.07 Å². The van der Waals surface area contributed by atoms with Gasteiger partial charge in [0.1, 0.15) is 5.82 Å². The van der Waals surface area contributed by atoms with Crippen molar-refractivity contribution in [3.8, 4) is 0 Å². The Morgan fingerprint density at radius 2 is 2.00 bits per heavy atom. The Kier molecular flexibility index (Phi) is 3.28. The lowest BCUT2D eigenvalue weighted by Crippen LogP contribution is -2.30. The smallest absolute Gasteiger partial charge is 0.224 e. The third kappa shape index (κ3) is 2.22. The number of anilines is 1. The summed E-state index contributed by atoms with van der Waals surface area (Å²) in [5.41, 5.74) is 8.56. The van der Waals surface area contributed by atoms with E-state index in [2.05, 4.69) is 12.2 Å². The maximum atomic E-state index is 14.3. The first-order valence-electron chi connectivity index (χ1n) is 7.37. The fourth-order valence-corrected chi connectivity index (χ4v) is 3.53. The molecule has 1 aliphatic heterocycles. The van der Waals surface area contributed by atoms with Crippen LogP contribution in [0.25, 0.3) is 0 Å². The van der Waals surface area contributed by atoms with E-state index in [4.69, 9.17) is 5.73 Å². The molecular formula is C16H21FN2O. The van der Waals surface area contributed by atoms with E-state index < -0.39 is 0 Å². The number of hydrogen-bond donors (Lipinski definition) is 2. The number of hydrogen-bond acceptors (Lipinski definition) is 2. The summed E-state index contributed by atoms with van der Waals surface area (Å²) < 4.78 is 14.3. The third-order valence-corrected chi connectivity index (χ3v) is 4.95. The lowest BCUT2D eigenvalue weighted by atomic mass is 9.77. The lowest BCUT2D eigenvalue weighted by molar-refractivity contribution is -0.116. The summed E-state index contributed by atoms with van der Waals surface area (Å²) in [6, 6.07) is 3.02. The molecule has 1 heterocycles. The van der Waals surface area contributed by atoms with Crippen molar-refractivity contribution >= 4 is 11.6 Å². The molecule has 108 valence electrons. The van der Waals surface area contributed by atoms with Gasteiger partial charge in [-0.3, -0.25) is 4.79 Å². The zero-order chi connectivity index (χ0) is 14.3. The number of carbonyl (C=O) groups is 1. The molecule has 1 saturated carbocycles. The van der Waals surface area contributed by atoms with E-state index in [0.29, 0.717) is 24.1 Å². The number of nitrogens with one attached hydrogen (secondary N) is 1. The highest BCUT2D eigenvalue weighted by atomic mass is 19.1. The number of rotatable bonds is 2. The number of halogens is 1. The Morgan fingerprint density at radius 1 is 1.30 bits per heavy atom. The Labute approximate surface area is 118 Å². The molecule has 1 amide bonds. The van der Waals surface area contributed by atoms with Crippen LogP contribution in [-0.4, -0.2) is 5.91 Å². The zero-order valence-corrected chi connectivity index (χ0v) is 11.8. The van der Waals surface area contributed by atoms with E-state index in [0.717, 1.165) is 18.4 Å². The number of amides is 1. The van der Waals surface area contributed by atoms with Crippen LogP contribution in [-0.2, 0) is 11.2 Å². The van der Waals surface area contributed by atoms with Crippen LogP contribution in [0, 0.1) is 11.2 Å². The van der Waals surface area contributed by atoms with Crippen LogP contribution < -0.4 is 11.1 Å². The first-order chi connectivity index (χ1) is 9.49. The molecule has 20 heavy (non-hydrogen) atoms. The molecule has 2 aliphatic rings. The topological polar surface area (TPSA) is 55.1 Å². The zero-order valence-electron chi connectivity index (χ0n) is 11.8. The molecule has 1 fully saturated rings. The molecule has 0 bridgehead atoms. The quantitative estimate of drug-likeness (QED) is 0.871. The van der Waals surface area contributed by atoms with Gasteiger partial charge in [0.2, 0.25) is 5.91 Å². The molecule has 3 rings (SSSR count). The van der Waals surface area contributed by atoms with E-state index in [1.54, 1.807) is 0 Å². The molecule has 0 aromatic heterocycles. The van der Waals surface area contributed by atoms with Gasteiger partial charge in [0.15, 0.2) is 0 Å². The molecule has 3 N–H and O–H groups in total. The largest absolute Gasteiger partial charge is 0.326 e. The van der Waals surface area contributed by atoms with E-state index in [9.17, 15) is 9.18 Å². The van der Waals surface area contributed by atoms with Crippen molar-refractivity contribution < 1.29 is 9.18 Å². The number of benzene rings is 1. The average Bonchev–Trinajstić information content (AvgIpc) is 2.85. The molecule has 1 aromatic carbocycles. The standard InChI is InChI=1S/C16H21FN2O/c1-16(6-2-3-7-16)15(18)11-8-10-4-5-14(20)19-13(10)9-12(11)17/h8-9,15H,2-7,18H2,1H3,(H,19,20). The van der Waals surface area contributed by atoms with Crippen molar-refractivity contribution in [1.29, 1.82) is 0 Å². The second-order valence-corrected chi connectivity index (χ2v) is 6.42. The Bertz CT molecular complexity index is 550. The summed E-state index contributed by atoms with van der Waals surface area (Å²) >= 11 is 0. The van der Waals surface area contributed by atoms with Gasteiger partial charge >= 0.3 is 0 Å². The fraction of sp³-hybridized carbons (Fsp3) is 0.562. The number of fused-ring (bicyclic) bond motifs is 1. The van der Waals surface area contributed by atoms with Crippen LogP contribution >= 0.6 is 0 Å². The van der Waals surface area contributed by atoms with Crippen molar-refractivity contribution in [2.45, 2.75) is 51.5 Å². The highest BCUT2D eigenvalue weighted by Gasteiger charge is 2.37. The number of nitrogens with two attached hydrogens (primary N) is 1. The maximum Gasteiger partial charge on any atom is 0.224 e. The van der Waals surface area contributed by atoms with Gasteiger partial charge in [-0.15, -0.1) is 0 Å². The second kappa shape index (κ2) is 4.85. The summed E-state index contributed by atoms with van der Waals surface area (Å²) in [7, 11) is 0. The first kappa shape index (κ1) is 13.6. The molecule has 1 aliphatic carbocycles. The van der Waals surface area contributed by atoms with Crippen LogP contribution in [0.1, 0.15) is 56.2 Å². The van der Waals surface area contributed by atoms with Crippen molar-refractivity contribution in [2.24, 2.45) is 11.1 Å². The van der Waals surface area contributed by atoms with Crippen molar-refractivity contribution in [1.82, 2.24) is 0 Å². The van der Waals surface area contributed by atoms with Gasteiger partial charge in [0, 0.05) is 23.7 Å². The van der Waals surface area contributed by atoms with Gasteiger partial charge in [0.05, 0.1) is 0 Å². The van der Waals surface area contributed by atoms with Gasteiger partial charge in [-0.05, 0) is 42.4 Å². The second-order valence-electron chi connectivity index (χ2n) is 6.42. The minimum Gasteiger partial charge on any atom is -0.326 e. The van der Waals surface area contributed by atoms with Crippen LogP contribution in [0.15, 0.2) is 12.1 Å². The van der Waals surface area contributed by atoms with Crippen LogP contribution in [0.2, 0.25) is 0 Å². The maximum absolute atomic E-state index is 14.3. The van der Waals surface area contributed by atoms with Crippen LogP contribution in [0.4, 0.5) is 10.1 Å². The molecule has 4 heteroatoms. The number of carbonyl (C=O) groups excluding carboxylic acids is 1. The van der Waals surface area contributed by atoms with Gasteiger partial charge < -0.3 is 11.1 Å². The van der Waals surface area contributed by atoms with E-state index >= 15 is 0 Å². The van der Waals surface area contributed by atoms with Crippen molar-refractivity contribution in [3.05, 3.63) is 29.1 Å². The number of aryl methyl sites for hydroxylation is 1. The molecule has 1 atom stereocenters. The molecule has 0 spiro atoms. The van der Waals surface area contributed by atoms with Gasteiger partial charge in [0.25, 0.3) is 0 Å². The normalized spacial score (nSPS) is 22.2. The molecule has 0 radical (unpaired) electrons. The minimum absolute atomic E-state index is 0.00695. The predicted molar refractivity (Wildman–Crippen MR) is 76.9 cm³/mol. The monoisotopic (exact) mass is 276 g/mol. The fourth-order valence-electron chi connectivity index (χ4n) is 3.53. The summed E-state index contributed by atoms with van der Waals surface area (Å²) in [6.45, 7) is 2.16. The van der Waals surface area contributed by atoms with Crippen molar-refractivity contribution in [3.63, 3.8) is 0 Å². The SMILES string of the molecule is CC1(C(N)c2cc3c(cc2F)NC(=O)CC3)CCCC1. The van der Waals surface area contributed by atoms with Gasteiger partial charge in [-0.2, -0.15) is 0 Å². The summed E-state index contributed by atoms with van der Waals surface area (Å²) in [5, 5.41) is 2.73. The summed E-state index contributed by atoms with van der Waals surface area (Å²) in [4.78, 5) is 11.4. The van der Waals surface area contributed by atoms with Gasteiger partial charge in [-0.25, -0.2) is 4.39 Å². The van der Waals surface area contributed by atoms with Crippen LogP contribution in [0.3, 0.4) is 0 Å². The lowest BCUT2D eigenvalue weighted by Gasteiger charge is -2.32. The van der Waals surface area contributed by atoms with Crippen molar-refractivity contribution in [2.75, 3.05) is 5.32 Å². The molecule has 1 unspecified atom stereocenters. The molecule has 0 saturated heterocycles. The Balaban J connectivity index is 1.96. The summed E-state index contributed by atoms with van der Waals surface area (Å²) in [6.07, 6.45) is 5.59. The minimum atomic E-state index is -0.299. The van der Waals surface area contributed by atoms with Gasteiger partial charge in [-0.1, -0.05) is 19.8 Å². The van der Waals surface area contributed by atoms with E-state index in [-0.39, 0.29) is 23.2 Å². The molecular weight excluding hydrogens is 255 g/mol. The molecule has 1 aromatic rings. The van der Waals surface area contributed by atoms with Crippen LogP contribution in [0.5, 0.6) is 0 Å². The summed E-state index contributed by atoms with van der Waals surface area (Å²) in [5.74, 6) is -0.344. The average molecular weight is 276 g/mol.